The van der Waals surface area contributed by atoms with Crippen LogP contribution in [0.25, 0.3) is 11.2 Å². The van der Waals surface area contributed by atoms with E-state index < -0.39 is 62.5 Å². The highest BCUT2D eigenvalue weighted by Crippen LogP contribution is 2.57. The minimum atomic E-state index is -3.96. The topological polar surface area (TPSA) is 222 Å². The molecule has 7 unspecified atom stereocenters. The molecule has 3 fully saturated rings. The van der Waals surface area contributed by atoms with Crippen molar-refractivity contribution in [2.24, 2.45) is 0 Å². The Morgan fingerprint density at radius 1 is 1.12 bits per heavy atom. The molecule has 6 rings (SSSR count). The zero-order chi connectivity index (χ0) is 29.6. The number of hydrogen-bond acceptors (Lipinski definition) is 13. The van der Waals surface area contributed by atoms with Gasteiger partial charge in [-0.3, -0.25) is 28.0 Å². The maximum Gasteiger partial charge on any atom is 0.408 e. The van der Waals surface area contributed by atoms with Gasteiger partial charge in [-0.2, -0.15) is 0 Å². The molecule has 3 saturated heterocycles. The van der Waals surface area contributed by atoms with Crippen molar-refractivity contribution < 1.29 is 33.3 Å². The number of imidazole rings is 1. The van der Waals surface area contributed by atoms with Gasteiger partial charge in [0, 0.05) is 37.7 Å². The summed E-state index contributed by atoms with van der Waals surface area (Å²) in [5.74, 6) is 0.217. The van der Waals surface area contributed by atoms with Gasteiger partial charge in [-0.25, -0.2) is 29.0 Å². The number of aryl methyl sites for hydroxylation is 1. The zero-order valence-corrected chi connectivity index (χ0v) is 23.7. The molecule has 42 heavy (non-hydrogen) atoms. The molecule has 5 N–H and O–H groups in total. The Balaban J connectivity index is 1.18. The van der Waals surface area contributed by atoms with Crippen molar-refractivity contribution in [3.63, 3.8) is 0 Å². The van der Waals surface area contributed by atoms with Crippen LogP contribution in [0.5, 0.6) is 0 Å². The van der Waals surface area contributed by atoms with Gasteiger partial charge in [0.05, 0.1) is 25.6 Å². The SMILES string of the molecule is Cc1cn(C2CC(O)C(COP(=O)(OC3CC(n4cnc5c(N)ncnc54)OC3CO)N3CCCC3)O2)c(=O)[nH]c1=O. The molecule has 0 aliphatic carbocycles. The van der Waals surface area contributed by atoms with E-state index in [1.807, 2.05) is 0 Å². The molecule has 0 saturated carbocycles. The van der Waals surface area contributed by atoms with Gasteiger partial charge in [-0.15, -0.1) is 0 Å². The molecule has 228 valence electrons. The van der Waals surface area contributed by atoms with E-state index in [1.54, 1.807) is 16.2 Å². The smallest absolute Gasteiger partial charge is 0.394 e. The van der Waals surface area contributed by atoms with Crippen LogP contribution in [0.4, 0.5) is 5.82 Å². The highest BCUT2D eigenvalue weighted by atomic mass is 31.2. The lowest BCUT2D eigenvalue weighted by Crippen LogP contribution is -2.34. The Kier molecular flexibility index (Phi) is 8.01. The number of nitrogen functional groups attached to an aromatic ring is 1. The summed E-state index contributed by atoms with van der Waals surface area (Å²) in [4.78, 5) is 38.8. The van der Waals surface area contributed by atoms with Crippen LogP contribution in [0.3, 0.4) is 0 Å². The predicted molar refractivity (Wildman–Crippen MR) is 145 cm³/mol. The molecule has 17 nitrogen and oxygen atoms in total. The van der Waals surface area contributed by atoms with Crippen molar-refractivity contribution in [1.29, 1.82) is 0 Å². The Morgan fingerprint density at radius 2 is 1.86 bits per heavy atom. The van der Waals surface area contributed by atoms with Crippen molar-refractivity contribution in [1.82, 2.24) is 33.7 Å². The number of aliphatic hydroxyl groups is 2. The average Bonchev–Trinajstić information content (AvgIpc) is 3.76. The van der Waals surface area contributed by atoms with E-state index in [-0.39, 0.29) is 25.3 Å². The summed E-state index contributed by atoms with van der Waals surface area (Å²) in [7, 11) is -3.96. The molecule has 18 heteroatoms. The van der Waals surface area contributed by atoms with Crippen LogP contribution >= 0.6 is 7.75 Å². The first-order valence-corrected chi connectivity index (χ1v) is 15.2. The highest BCUT2D eigenvalue weighted by molar-refractivity contribution is 7.51. The second-order valence-electron chi connectivity index (χ2n) is 10.6. The summed E-state index contributed by atoms with van der Waals surface area (Å²) in [6, 6.07) is 0. The second kappa shape index (κ2) is 11.6. The van der Waals surface area contributed by atoms with Crippen molar-refractivity contribution in [2.75, 3.05) is 32.0 Å². The minimum Gasteiger partial charge on any atom is -0.394 e. The summed E-state index contributed by atoms with van der Waals surface area (Å²) >= 11 is 0. The number of fused-ring (bicyclic) bond motifs is 1. The minimum absolute atomic E-state index is 0.0615. The molecule has 0 bridgehead atoms. The number of anilines is 1. The highest BCUT2D eigenvalue weighted by Gasteiger charge is 2.46. The van der Waals surface area contributed by atoms with Crippen molar-refractivity contribution >= 4 is 24.7 Å². The monoisotopic (exact) mass is 608 g/mol. The normalized spacial score (nSPS) is 29.9. The molecule has 3 aromatic heterocycles. The van der Waals surface area contributed by atoms with E-state index in [4.69, 9.17) is 24.3 Å². The fourth-order valence-electron chi connectivity index (χ4n) is 5.53. The summed E-state index contributed by atoms with van der Waals surface area (Å²) in [6.45, 7) is 1.82. The standard InChI is InChI=1S/C24H33N8O9P/c1-13-8-31(24(36)29-23(13)35)18-6-14(34)17(40-18)10-38-42(37,30-4-2-3-5-30)41-15-7-19(39-16(15)9-33)32-12-28-20-21(25)26-11-27-22(20)32/h8,11-12,14-19,33-34H,2-7,9-10H2,1H3,(H2,25,26,27)(H,29,35,36). The number of hydrogen-bond donors (Lipinski definition) is 4. The van der Waals surface area contributed by atoms with Crippen LogP contribution in [0.2, 0.25) is 0 Å². The van der Waals surface area contributed by atoms with Crippen LogP contribution in [-0.4, -0.2) is 94.7 Å². The van der Waals surface area contributed by atoms with E-state index in [0.717, 1.165) is 12.8 Å². The van der Waals surface area contributed by atoms with Gasteiger partial charge in [0.25, 0.3) is 5.56 Å². The Morgan fingerprint density at radius 3 is 2.62 bits per heavy atom. The number of nitrogens with one attached hydrogen (secondary N) is 1. The Labute approximate surface area is 238 Å². The van der Waals surface area contributed by atoms with Crippen molar-refractivity contribution in [3.05, 3.63) is 45.3 Å². The van der Waals surface area contributed by atoms with Gasteiger partial charge in [-0.05, 0) is 19.8 Å². The second-order valence-corrected chi connectivity index (χ2v) is 12.6. The van der Waals surface area contributed by atoms with Gasteiger partial charge >= 0.3 is 13.4 Å². The third kappa shape index (κ3) is 5.42. The number of nitrogens with zero attached hydrogens (tertiary/aromatic N) is 6. The maximum atomic E-state index is 14.3. The first-order valence-electron chi connectivity index (χ1n) is 13.7. The summed E-state index contributed by atoms with van der Waals surface area (Å²) in [6.07, 6.45) is 0.986. The van der Waals surface area contributed by atoms with Crippen LogP contribution in [-0.2, 0) is 23.1 Å². The average molecular weight is 609 g/mol. The number of aliphatic hydroxyl groups excluding tert-OH is 2. The molecule has 0 spiro atoms. The fourth-order valence-corrected chi connectivity index (χ4v) is 7.56. The Bertz CT molecular complexity index is 1600. The Hall–Kier alpha value is -3.02. The molecule has 3 aromatic rings. The maximum absolute atomic E-state index is 14.3. The quantitative estimate of drug-likeness (QED) is 0.231. The number of aromatic amines is 1. The molecular weight excluding hydrogens is 575 g/mol. The van der Waals surface area contributed by atoms with E-state index >= 15 is 0 Å². The molecule has 7 atom stereocenters. The molecule has 0 amide bonds. The molecule has 6 heterocycles. The third-order valence-electron chi connectivity index (χ3n) is 7.82. The lowest BCUT2D eigenvalue weighted by Gasteiger charge is -2.31. The van der Waals surface area contributed by atoms with Gasteiger partial charge in [0.15, 0.2) is 11.5 Å². The van der Waals surface area contributed by atoms with Crippen LogP contribution in [0, 0.1) is 6.92 Å². The van der Waals surface area contributed by atoms with Crippen LogP contribution in [0.15, 0.2) is 28.4 Å². The zero-order valence-electron chi connectivity index (χ0n) is 22.8. The number of H-pyrrole nitrogens is 1. The molecule has 0 aromatic carbocycles. The van der Waals surface area contributed by atoms with E-state index in [9.17, 15) is 24.4 Å². The third-order valence-corrected chi connectivity index (χ3v) is 9.92. The van der Waals surface area contributed by atoms with E-state index in [1.165, 1.54) is 23.4 Å². The summed E-state index contributed by atoms with van der Waals surface area (Å²) in [5, 5.41) is 20.8. The lowest BCUT2D eigenvalue weighted by atomic mass is 10.2. The lowest BCUT2D eigenvalue weighted by molar-refractivity contribution is -0.0547. The number of ether oxygens (including phenoxy) is 2. The van der Waals surface area contributed by atoms with Crippen LogP contribution < -0.4 is 17.0 Å². The largest absolute Gasteiger partial charge is 0.408 e. The predicted octanol–water partition coefficient (Wildman–Crippen LogP) is -0.199. The van der Waals surface area contributed by atoms with E-state index in [2.05, 4.69) is 19.9 Å². The fraction of sp³-hybridized carbons (Fsp3) is 0.625. The molecule has 3 aliphatic rings. The first kappa shape index (κ1) is 29.1. The number of aromatic nitrogens is 6. The van der Waals surface area contributed by atoms with Gasteiger partial charge < -0.3 is 25.4 Å². The molecule has 0 radical (unpaired) electrons. The molecular formula is C24H33N8O9P. The van der Waals surface area contributed by atoms with Crippen molar-refractivity contribution in [2.45, 2.75) is 69.5 Å². The van der Waals surface area contributed by atoms with Gasteiger partial charge in [0.2, 0.25) is 0 Å². The summed E-state index contributed by atoms with van der Waals surface area (Å²) in [5.41, 5.74) is 5.91. The van der Waals surface area contributed by atoms with Gasteiger partial charge in [0.1, 0.15) is 42.6 Å². The summed E-state index contributed by atoms with van der Waals surface area (Å²) < 4.78 is 42.8. The van der Waals surface area contributed by atoms with Crippen molar-refractivity contribution in [3.8, 4) is 0 Å². The van der Waals surface area contributed by atoms with Gasteiger partial charge in [-0.1, -0.05) is 0 Å². The number of rotatable bonds is 9. The van der Waals surface area contributed by atoms with E-state index in [0.29, 0.717) is 29.8 Å². The van der Waals surface area contributed by atoms with Crippen LogP contribution in [0.1, 0.15) is 43.7 Å². The molecule has 3 aliphatic heterocycles. The first-order chi connectivity index (χ1) is 20.2. The number of nitrogens with two attached hydrogens (primary N) is 1.